The first-order valence-electron chi connectivity index (χ1n) is 4.85. The summed E-state index contributed by atoms with van der Waals surface area (Å²) in [5, 5.41) is 8.77. The zero-order valence-corrected chi connectivity index (χ0v) is 11.1. The van der Waals surface area contributed by atoms with Crippen molar-refractivity contribution in [2.24, 2.45) is 5.41 Å². The Balaban J connectivity index is 2.68. The Morgan fingerprint density at radius 2 is 1.87 bits per heavy atom. The molecule has 0 spiro atoms. The highest BCUT2D eigenvalue weighted by atomic mass is 127. The number of carboxylic acid groups (broad SMARTS) is 1. The Hall–Kier alpha value is -0.580. The highest BCUT2D eigenvalue weighted by molar-refractivity contribution is 14.1. The minimum Gasteiger partial charge on any atom is -0.481 e. The number of hydrogen-bond donors (Lipinski definition) is 1. The van der Waals surface area contributed by atoms with Crippen molar-refractivity contribution in [2.75, 3.05) is 0 Å². The Morgan fingerprint density at radius 1 is 1.33 bits per heavy atom. The third-order valence-electron chi connectivity index (χ3n) is 2.23. The lowest BCUT2D eigenvalue weighted by Gasteiger charge is -2.22. The Morgan fingerprint density at radius 3 is 2.33 bits per heavy atom. The third-order valence-corrected chi connectivity index (χ3v) is 2.94. The normalized spacial score (nSPS) is 11.4. The molecule has 0 heterocycles. The molecule has 0 bridgehead atoms. The molecule has 82 valence electrons. The lowest BCUT2D eigenvalue weighted by molar-refractivity contribution is -0.139. The van der Waals surface area contributed by atoms with Gasteiger partial charge in [-0.2, -0.15) is 0 Å². The van der Waals surface area contributed by atoms with Crippen LogP contribution >= 0.6 is 22.6 Å². The molecule has 0 amide bonds. The van der Waals surface area contributed by atoms with Crippen molar-refractivity contribution in [3.05, 3.63) is 33.4 Å². The van der Waals surface area contributed by atoms with Crippen LogP contribution in [0.1, 0.15) is 25.8 Å². The van der Waals surface area contributed by atoms with Crippen LogP contribution in [0.25, 0.3) is 0 Å². The number of halogens is 1. The van der Waals surface area contributed by atoms with Crippen molar-refractivity contribution in [3.8, 4) is 0 Å². The third kappa shape index (κ3) is 4.64. The highest BCUT2D eigenvalue weighted by Crippen LogP contribution is 2.26. The van der Waals surface area contributed by atoms with E-state index >= 15 is 0 Å². The molecule has 15 heavy (non-hydrogen) atoms. The second-order valence-corrected chi connectivity index (χ2v) is 5.78. The summed E-state index contributed by atoms with van der Waals surface area (Å²) in [5.74, 6) is -0.731. The summed E-state index contributed by atoms with van der Waals surface area (Å²) in [4.78, 5) is 10.7. The van der Waals surface area contributed by atoms with Crippen molar-refractivity contribution >= 4 is 28.6 Å². The topological polar surface area (TPSA) is 37.3 Å². The first-order chi connectivity index (χ1) is 6.89. The van der Waals surface area contributed by atoms with Crippen LogP contribution in [0, 0.1) is 8.99 Å². The summed E-state index contributed by atoms with van der Waals surface area (Å²) < 4.78 is 1.20. The quantitative estimate of drug-likeness (QED) is 0.865. The van der Waals surface area contributed by atoms with E-state index in [1.807, 2.05) is 26.0 Å². The Labute approximate surface area is 104 Å². The molecule has 2 nitrogen and oxygen atoms in total. The molecular formula is C12H15IO2. The van der Waals surface area contributed by atoms with Gasteiger partial charge in [0.15, 0.2) is 0 Å². The van der Waals surface area contributed by atoms with E-state index in [-0.39, 0.29) is 11.8 Å². The molecule has 3 heteroatoms. The van der Waals surface area contributed by atoms with Gasteiger partial charge in [0.25, 0.3) is 0 Å². The zero-order chi connectivity index (χ0) is 11.5. The van der Waals surface area contributed by atoms with Crippen LogP contribution in [-0.4, -0.2) is 11.1 Å². The maximum atomic E-state index is 10.7. The fraction of sp³-hybridized carbons (Fsp3) is 0.417. The SMILES string of the molecule is CC(C)(CC(=O)O)Cc1ccc(I)cc1. The molecule has 1 aromatic carbocycles. The number of carbonyl (C=O) groups is 1. The molecule has 1 N–H and O–H groups in total. The number of rotatable bonds is 4. The van der Waals surface area contributed by atoms with E-state index in [9.17, 15) is 4.79 Å². The predicted molar refractivity (Wildman–Crippen MR) is 68.9 cm³/mol. The lowest BCUT2D eigenvalue weighted by atomic mass is 9.83. The van der Waals surface area contributed by atoms with E-state index in [4.69, 9.17) is 5.11 Å². The van der Waals surface area contributed by atoms with Crippen molar-refractivity contribution in [1.29, 1.82) is 0 Å². The van der Waals surface area contributed by atoms with Crippen molar-refractivity contribution in [1.82, 2.24) is 0 Å². The summed E-state index contributed by atoms with van der Waals surface area (Å²) in [6.07, 6.45) is 1.01. The maximum absolute atomic E-state index is 10.7. The number of hydrogen-bond acceptors (Lipinski definition) is 1. The Kier molecular flexibility index (Phi) is 4.13. The van der Waals surface area contributed by atoms with Gasteiger partial charge in [-0.25, -0.2) is 0 Å². The van der Waals surface area contributed by atoms with Crippen molar-refractivity contribution in [3.63, 3.8) is 0 Å². The first-order valence-corrected chi connectivity index (χ1v) is 5.93. The van der Waals surface area contributed by atoms with Crippen molar-refractivity contribution < 1.29 is 9.90 Å². The summed E-state index contributed by atoms with van der Waals surface area (Å²) in [6.45, 7) is 3.97. The van der Waals surface area contributed by atoms with Gasteiger partial charge < -0.3 is 5.11 Å². The van der Waals surface area contributed by atoms with Crippen LogP contribution in [-0.2, 0) is 11.2 Å². The molecule has 0 fully saturated rings. The molecule has 0 aliphatic heterocycles. The molecular weight excluding hydrogens is 303 g/mol. The minimum atomic E-state index is -0.731. The van der Waals surface area contributed by atoms with Gasteiger partial charge in [-0.3, -0.25) is 4.79 Å². The average Bonchev–Trinajstić information content (AvgIpc) is 2.06. The molecule has 0 saturated carbocycles. The van der Waals surface area contributed by atoms with Gasteiger partial charge in [0.1, 0.15) is 0 Å². The molecule has 0 saturated heterocycles. The van der Waals surface area contributed by atoms with Gasteiger partial charge >= 0.3 is 5.97 Å². The van der Waals surface area contributed by atoms with Gasteiger partial charge in [0.05, 0.1) is 6.42 Å². The monoisotopic (exact) mass is 318 g/mol. The largest absolute Gasteiger partial charge is 0.481 e. The van der Waals surface area contributed by atoms with Gasteiger partial charge in [-0.05, 0) is 52.1 Å². The van der Waals surface area contributed by atoms with Crippen LogP contribution in [0.15, 0.2) is 24.3 Å². The van der Waals surface area contributed by atoms with Gasteiger partial charge in [-0.1, -0.05) is 26.0 Å². The first kappa shape index (κ1) is 12.5. The number of aliphatic carboxylic acids is 1. The molecule has 0 unspecified atom stereocenters. The predicted octanol–water partition coefficient (Wildman–Crippen LogP) is 3.33. The summed E-state index contributed by atoms with van der Waals surface area (Å²) in [5.41, 5.74) is 1.01. The standard InChI is InChI=1S/C12H15IO2/c1-12(2,8-11(14)15)7-9-3-5-10(13)6-4-9/h3-6H,7-8H2,1-2H3,(H,14,15). The van der Waals surface area contributed by atoms with Crippen LogP contribution in [0.4, 0.5) is 0 Å². The number of carboxylic acids is 1. The fourth-order valence-electron chi connectivity index (χ4n) is 1.63. The van der Waals surface area contributed by atoms with Crippen LogP contribution < -0.4 is 0 Å². The smallest absolute Gasteiger partial charge is 0.303 e. The molecule has 1 aromatic rings. The van der Waals surface area contributed by atoms with E-state index in [0.29, 0.717) is 0 Å². The van der Waals surface area contributed by atoms with Crippen LogP contribution in [0.5, 0.6) is 0 Å². The minimum absolute atomic E-state index is 0.182. The van der Waals surface area contributed by atoms with E-state index < -0.39 is 5.97 Å². The molecule has 0 radical (unpaired) electrons. The molecule has 0 atom stereocenters. The maximum Gasteiger partial charge on any atom is 0.303 e. The molecule has 0 aliphatic carbocycles. The van der Waals surface area contributed by atoms with E-state index in [1.54, 1.807) is 0 Å². The number of benzene rings is 1. The fourth-order valence-corrected chi connectivity index (χ4v) is 1.99. The Bertz CT molecular complexity index is 341. The van der Waals surface area contributed by atoms with Crippen molar-refractivity contribution in [2.45, 2.75) is 26.7 Å². The van der Waals surface area contributed by atoms with E-state index in [1.165, 1.54) is 9.13 Å². The summed E-state index contributed by atoms with van der Waals surface area (Å²) in [7, 11) is 0. The zero-order valence-electron chi connectivity index (χ0n) is 8.96. The second kappa shape index (κ2) is 4.96. The second-order valence-electron chi connectivity index (χ2n) is 4.54. The van der Waals surface area contributed by atoms with Crippen LogP contribution in [0.2, 0.25) is 0 Å². The summed E-state index contributed by atoms with van der Waals surface area (Å²) >= 11 is 2.26. The van der Waals surface area contributed by atoms with Crippen LogP contribution in [0.3, 0.4) is 0 Å². The lowest BCUT2D eigenvalue weighted by Crippen LogP contribution is -2.19. The molecule has 0 aliphatic rings. The average molecular weight is 318 g/mol. The molecule has 1 rings (SSSR count). The summed E-state index contributed by atoms with van der Waals surface area (Å²) in [6, 6.07) is 8.22. The van der Waals surface area contributed by atoms with E-state index in [0.717, 1.165) is 6.42 Å². The van der Waals surface area contributed by atoms with Gasteiger partial charge in [0.2, 0.25) is 0 Å². The van der Waals surface area contributed by atoms with E-state index in [2.05, 4.69) is 34.7 Å². The van der Waals surface area contributed by atoms with Gasteiger partial charge in [0, 0.05) is 3.57 Å². The van der Waals surface area contributed by atoms with Gasteiger partial charge in [-0.15, -0.1) is 0 Å². The molecule has 0 aromatic heterocycles. The highest BCUT2D eigenvalue weighted by Gasteiger charge is 2.21.